The maximum absolute atomic E-state index is 12.3. The summed E-state index contributed by atoms with van der Waals surface area (Å²) in [6.45, 7) is 0.853. The Morgan fingerprint density at radius 1 is 1.54 bits per heavy atom. The van der Waals surface area contributed by atoms with Crippen molar-refractivity contribution >= 4 is 0 Å². The van der Waals surface area contributed by atoms with Crippen LogP contribution < -0.4 is 5.32 Å². The van der Waals surface area contributed by atoms with Gasteiger partial charge in [-0.1, -0.05) is 0 Å². The number of rotatable bonds is 1. The number of nitrogens with one attached hydrogen (secondary N) is 1. The average molecular weight is 199 g/mol. The molecule has 3 nitrogen and oxygen atoms in total. The van der Waals surface area contributed by atoms with E-state index in [9.17, 15) is 18.3 Å². The molecule has 1 fully saturated rings. The Balaban J connectivity index is 2.81. The molecular formula is C7H12F3NO2. The van der Waals surface area contributed by atoms with Gasteiger partial charge in [-0.3, -0.25) is 0 Å². The van der Waals surface area contributed by atoms with Crippen LogP contribution >= 0.6 is 0 Å². The Bertz CT molecular complexity index is 197. The monoisotopic (exact) mass is 199 g/mol. The topological polar surface area (TPSA) is 52.5 Å². The van der Waals surface area contributed by atoms with Gasteiger partial charge in [0.25, 0.3) is 0 Å². The molecule has 0 aromatic rings. The fourth-order valence-corrected chi connectivity index (χ4v) is 1.58. The predicted octanol–water partition coefficient (Wildman–Crippen LogP) is 0.0225. The van der Waals surface area contributed by atoms with E-state index in [1.165, 1.54) is 6.92 Å². The molecule has 1 heterocycles. The molecular weight excluding hydrogens is 187 g/mol. The summed E-state index contributed by atoms with van der Waals surface area (Å²) in [6.07, 6.45) is -5.14. The molecule has 0 saturated carbocycles. The number of aliphatic hydroxyl groups excluding tert-OH is 1. The second-order valence-corrected chi connectivity index (χ2v) is 3.39. The van der Waals surface area contributed by atoms with E-state index in [4.69, 9.17) is 5.11 Å². The summed E-state index contributed by atoms with van der Waals surface area (Å²) >= 11 is 0. The first-order chi connectivity index (χ1) is 5.81. The summed E-state index contributed by atoms with van der Waals surface area (Å²) in [5.41, 5.74) is -2.71. The molecule has 1 aliphatic heterocycles. The number of aliphatic hydroxyl groups is 2. The third-order valence-corrected chi connectivity index (χ3v) is 2.47. The highest BCUT2D eigenvalue weighted by Crippen LogP contribution is 2.40. The molecule has 1 rings (SSSR count). The van der Waals surface area contributed by atoms with Crippen molar-refractivity contribution in [1.82, 2.24) is 5.32 Å². The van der Waals surface area contributed by atoms with Gasteiger partial charge in [0.15, 0.2) is 5.60 Å². The quantitative estimate of drug-likeness (QED) is 0.558. The van der Waals surface area contributed by atoms with E-state index in [1.54, 1.807) is 0 Å². The highest BCUT2D eigenvalue weighted by Gasteiger charge is 2.61. The van der Waals surface area contributed by atoms with E-state index in [0.29, 0.717) is 0 Å². The highest BCUT2D eigenvalue weighted by molar-refractivity contribution is 5.04. The van der Waals surface area contributed by atoms with E-state index in [2.05, 4.69) is 5.32 Å². The fourth-order valence-electron chi connectivity index (χ4n) is 1.58. The first-order valence-electron chi connectivity index (χ1n) is 3.97. The van der Waals surface area contributed by atoms with Crippen LogP contribution in [0.1, 0.15) is 13.3 Å². The molecule has 3 atom stereocenters. The first-order valence-corrected chi connectivity index (χ1v) is 3.97. The predicted molar refractivity (Wildman–Crippen MR) is 39.1 cm³/mol. The minimum absolute atomic E-state index is 0.400. The molecule has 6 heteroatoms. The smallest absolute Gasteiger partial charge is 0.395 e. The van der Waals surface area contributed by atoms with Crippen molar-refractivity contribution in [2.45, 2.75) is 37.2 Å². The maximum atomic E-state index is 12.3. The van der Waals surface area contributed by atoms with Crippen molar-refractivity contribution < 1.29 is 23.4 Å². The van der Waals surface area contributed by atoms with Gasteiger partial charge in [-0.25, -0.2) is 0 Å². The molecule has 0 aromatic heterocycles. The van der Waals surface area contributed by atoms with Crippen LogP contribution in [0.25, 0.3) is 0 Å². The number of alkyl halides is 3. The normalized spacial score (nSPS) is 41.1. The molecule has 3 unspecified atom stereocenters. The van der Waals surface area contributed by atoms with Gasteiger partial charge in [-0.2, -0.15) is 13.2 Å². The van der Waals surface area contributed by atoms with Gasteiger partial charge in [-0.05, 0) is 6.92 Å². The van der Waals surface area contributed by atoms with Crippen molar-refractivity contribution in [2.75, 3.05) is 6.61 Å². The molecule has 1 saturated heterocycles. The van der Waals surface area contributed by atoms with Crippen molar-refractivity contribution in [3.8, 4) is 0 Å². The summed E-state index contributed by atoms with van der Waals surface area (Å²) < 4.78 is 37.0. The van der Waals surface area contributed by atoms with E-state index in [-0.39, 0.29) is 0 Å². The van der Waals surface area contributed by atoms with Crippen LogP contribution in [-0.4, -0.2) is 40.7 Å². The van der Waals surface area contributed by atoms with Gasteiger partial charge in [-0.15, -0.1) is 0 Å². The number of hydrogen-bond acceptors (Lipinski definition) is 3. The van der Waals surface area contributed by atoms with Gasteiger partial charge in [0.2, 0.25) is 0 Å². The second kappa shape index (κ2) is 3.11. The second-order valence-electron chi connectivity index (χ2n) is 3.39. The van der Waals surface area contributed by atoms with Crippen LogP contribution in [0.3, 0.4) is 0 Å². The molecule has 1 aliphatic rings. The van der Waals surface area contributed by atoms with Crippen LogP contribution in [0.15, 0.2) is 0 Å². The SMILES string of the molecule is CC1NC(CO)CC1(O)C(F)(F)F. The molecule has 0 aromatic carbocycles. The lowest BCUT2D eigenvalue weighted by Gasteiger charge is -2.29. The van der Waals surface area contributed by atoms with Crippen molar-refractivity contribution in [3.63, 3.8) is 0 Å². The molecule has 0 bridgehead atoms. The first kappa shape index (κ1) is 10.7. The lowest BCUT2D eigenvalue weighted by molar-refractivity contribution is -0.261. The Labute approximate surface area is 73.6 Å². The Morgan fingerprint density at radius 3 is 2.31 bits per heavy atom. The lowest BCUT2D eigenvalue weighted by Crippen LogP contribution is -2.52. The zero-order valence-electron chi connectivity index (χ0n) is 7.10. The molecule has 0 radical (unpaired) electrons. The Morgan fingerprint density at radius 2 is 2.08 bits per heavy atom. The van der Waals surface area contributed by atoms with Gasteiger partial charge < -0.3 is 15.5 Å². The Kier molecular flexibility index (Phi) is 2.57. The average Bonchev–Trinajstić information content (AvgIpc) is 2.28. The number of halogens is 3. The third kappa shape index (κ3) is 1.66. The molecule has 0 aliphatic carbocycles. The van der Waals surface area contributed by atoms with Gasteiger partial charge >= 0.3 is 6.18 Å². The molecule has 3 N–H and O–H groups in total. The molecule has 13 heavy (non-hydrogen) atoms. The summed E-state index contributed by atoms with van der Waals surface area (Å²) in [7, 11) is 0. The van der Waals surface area contributed by atoms with E-state index in [1.807, 2.05) is 0 Å². The fraction of sp³-hybridized carbons (Fsp3) is 1.00. The van der Waals surface area contributed by atoms with Crippen molar-refractivity contribution in [1.29, 1.82) is 0 Å². The zero-order valence-corrected chi connectivity index (χ0v) is 7.10. The van der Waals surface area contributed by atoms with E-state index in [0.717, 1.165) is 0 Å². The molecule has 0 spiro atoms. The lowest BCUT2D eigenvalue weighted by atomic mass is 9.94. The van der Waals surface area contributed by atoms with Crippen LogP contribution in [0.4, 0.5) is 13.2 Å². The third-order valence-electron chi connectivity index (χ3n) is 2.47. The maximum Gasteiger partial charge on any atom is 0.418 e. The van der Waals surface area contributed by atoms with E-state index < -0.39 is 36.9 Å². The van der Waals surface area contributed by atoms with Crippen LogP contribution in [-0.2, 0) is 0 Å². The summed E-state index contributed by atoms with van der Waals surface area (Å²) in [6, 6.07) is -1.76. The highest BCUT2D eigenvalue weighted by atomic mass is 19.4. The minimum Gasteiger partial charge on any atom is -0.395 e. The molecule has 0 amide bonds. The van der Waals surface area contributed by atoms with Crippen molar-refractivity contribution in [2.24, 2.45) is 0 Å². The van der Waals surface area contributed by atoms with Crippen LogP contribution in [0.5, 0.6) is 0 Å². The summed E-state index contributed by atoms with van der Waals surface area (Å²) in [5.74, 6) is 0. The zero-order chi connectivity index (χ0) is 10.3. The van der Waals surface area contributed by atoms with Gasteiger partial charge in [0, 0.05) is 18.5 Å². The number of hydrogen-bond donors (Lipinski definition) is 3. The summed E-state index contributed by atoms with van der Waals surface area (Å²) in [5, 5.41) is 20.4. The van der Waals surface area contributed by atoms with Gasteiger partial charge in [0.05, 0.1) is 6.61 Å². The largest absolute Gasteiger partial charge is 0.418 e. The van der Waals surface area contributed by atoms with Crippen molar-refractivity contribution in [3.05, 3.63) is 0 Å². The standard InChI is InChI=1S/C7H12F3NO2/c1-4-6(13,7(8,9)10)2-5(3-12)11-4/h4-5,11-13H,2-3H2,1H3. The van der Waals surface area contributed by atoms with Crippen LogP contribution in [0, 0.1) is 0 Å². The van der Waals surface area contributed by atoms with Gasteiger partial charge in [0.1, 0.15) is 0 Å². The Hall–Kier alpha value is -0.330. The van der Waals surface area contributed by atoms with E-state index >= 15 is 0 Å². The minimum atomic E-state index is -4.65. The van der Waals surface area contributed by atoms with Crippen LogP contribution in [0.2, 0.25) is 0 Å². The molecule has 78 valence electrons. The summed E-state index contributed by atoms with van der Waals surface area (Å²) in [4.78, 5) is 0.